The second-order valence-corrected chi connectivity index (χ2v) is 15.7. The maximum absolute atomic E-state index is 2.47. The van der Waals surface area contributed by atoms with Crippen LogP contribution in [-0.2, 0) is 5.41 Å². The molecule has 0 saturated heterocycles. The molecule has 0 unspecified atom stereocenters. The van der Waals surface area contributed by atoms with Gasteiger partial charge in [0.2, 0.25) is 0 Å². The Hall–Kier alpha value is -6.70. The maximum Gasteiger partial charge on any atom is 0.0488 e. The summed E-state index contributed by atoms with van der Waals surface area (Å²) in [4.78, 5) is 2.35. The third-order valence-electron chi connectivity index (χ3n) is 12.4. The summed E-state index contributed by atoms with van der Waals surface area (Å²) in [6.45, 7) is 4.75. The van der Waals surface area contributed by atoms with Crippen molar-refractivity contribution in [2.24, 2.45) is 0 Å². The van der Waals surface area contributed by atoms with E-state index < -0.39 is 0 Å². The molecule has 2 aliphatic rings. The van der Waals surface area contributed by atoms with E-state index >= 15 is 0 Å². The van der Waals surface area contributed by atoms with Crippen LogP contribution in [0.1, 0.15) is 36.1 Å². The van der Waals surface area contributed by atoms with Crippen LogP contribution in [0.3, 0.4) is 0 Å². The van der Waals surface area contributed by atoms with Crippen LogP contribution in [0.4, 0.5) is 11.4 Å². The number of anilines is 2. The van der Waals surface area contributed by atoms with Crippen LogP contribution in [0.5, 0.6) is 0 Å². The second kappa shape index (κ2) is 11.9. The van der Waals surface area contributed by atoms with E-state index in [1.54, 1.807) is 0 Å². The summed E-state index contributed by atoms with van der Waals surface area (Å²) < 4.78 is 0. The van der Waals surface area contributed by atoms with Crippen molar-refractivity contribution < 1.29 is 0 Å². The highest BCUT2D eigenvalue weighted by Gasteiger charge is 2.37. The van der Waals surface area contributed by atoms with Crippen molar-refractivity contribution in [3.05, 3.63) is 192 Å². The summed E-state index contributed by atoms with van der Waals surface area (Å²) >= 11 is 0. The first-order valence-electron chi connectivity index (χ1n) is 19.3. The van der Waals surface area contributed by atoms with Crippen molar-refractivity contribution in [3.8, 4) is 44.5 Å². The quantitative estimate of drug-likeness (QED) is 0.166. The fourth-order valence-electron chi connectivity index (χ4n) is 9.76. The number of rotatable bonds is 3. The normalized spacial score (nSPS) is 13.8. The molecule has 0 atom stereocenters. The minimum absolute atomic E-state index is 0.0947. The van der Waals surface area contributed by atoms with E-state index in [4.69, 9.17) is 0 Å². The minimum atomic E-state index is -0.0947. The van der Waals surface area contributed by atoms with Crippen LogP contribution in [0.15, 0.2) is 170 Å². The Bertz CT molecular complexity index is 3080. The van der Waals surface area contributed by atoms with E-state index in [0.717, 1.165) is 0 Å². The Balaban J connectivity index is 1.25. The molecular weight excluding hydrogens is 663 g/mol. The zero-order valence-corrected chi connectivity index (χ0v) is 31.3. The lowest BCUT2D eigenvalue weighted by atomic mass is 9.80. The van der Waals surface area contributed by atoms with Crippen LogP contribution in [0.2, 0.25) is 0 Å². The molecule has 55 heavy (non-hydrogen) atoms. The average Bonchev–Trinajstić information content (AvgIpc) is 3.37. The largest absolute Gasteiger partial charge is 0.344 e. The van der Waals surface area contributed by atoms with Crippen LogP contribution in [0, 0.1) is 0 Å². The van der Waals surface area contributed by atoms with Crippen LogP contribution >= 0.6 is 0 Å². The molecule has 260 valence electrons. The topological polar surface area (TPSA) is 3.24 Å². The standard InChI is InChI=1S/C54H39N/c1-54(2)47-23-10-9-20-44(47)53-45(22-13-24-48(53)54)52-42-19-8-7-18-41(42)51(38-29-28-36-27-26-35-15-5-11-25-49(35)55(3)50(36)33-38)43-31-30-37(32-46(43)52)40-21-12-16-34-14-4-6-17-39(34)40/h4-33H,1-3H3. The van der Waals surface area contributed by atoms with Gasteiger partial charge in [0, 0.05) is 23.8 Å². The first-order valence-corrected chi connectivity index (χ1v) is 19.3. The molecule has 0 bridgehead atoms. The van der Waals surface area contributed by atoms with Gasteiger partial charge in [-0.1, -0.05) is 178 Å². The van der Waals surface area contributed by atoms with Crippen molar-refractivity contribution in [2.75, 3.05) is 11.9 Å². The number of para-hydroxylation sites is 1. The van der Waals surface area contributed by atoms with Gasteiger partial charge in [0.25, 0.3) is 0 Å². The van der Waals surface area contributed by atoms with E-state index in [2.05, 4.69) is 208 Å². The van der Waals surface area contributed by atoms with E-state index in [-0.39, 0.29) is 5.41 Å². The third kappa shape index (κ3) is 4.66. The Morgan fingerprint density at radius 2 is 0.982 bits per heavy atom. The summed E-state index contributed by atoms with van der Waals surface area (Å²) in [5, 5.41) is 7.58. The van der Waals surface area contributed by atoms with E-state index in [0.29, 0.717) is 0 Å². The van der Waals surface area contributed by atoms with Crippen LogP contribution in [-0.4, -0.2) is 7.05 Å². The number of benzene rings is 9. The Morgan fingerprint density at radius 1 is 0.382 bits per heavy atom. The smallest absolute Gasteiger partial charge is 0.0488 e. The molecule has 1 nitrogen and oxygen atoms in total. The summed E-state index contributed by atoms with van der Waals surface area (Å²) in [7, 11) is 2.19. The van der Waals surface area contributed by atoms with Gasteiger partial charge in [-0.15, -0.1) is 0 Å². The first kappa shape index (κ1) is 31.8. The summed E-state index contributed by atoms with van der Waals surface area (Å²) in [5.74, 6) is 0. The Labute approximate surface area is 322 Å². The van der Waals surface area contributed by atoms with Gasteiger partial charge in [0.1, 0.15) is 0 Å². The molecule has 1 heteroatoms. The molecular formula is C54H39N. The van der Waals surface area contributed by atoms with Crippen molar-refractivity contribution in [1.29, 1.82) is 0 Å². The van der Waals surface area contributed by atoms with Crippen LogP contribution in [0.25, 0.3) is 89.0 Å². The first-order chi connectivity index (χ1) is 27.0. The molecule has 1 heterocycles. The number of fused-ring (bicyclic) bond motifs is 8. The SMILES string of the molecule is CN1c2ccccc2C=Cc2ccc(-c3c4ccccc4c(-c4cccc5c4-c4ccccc4C5(C)C)c4cc(-c5cccc6ccccc56)ccc34)cc21. The molecule has 0 amide bonds. The highest BCUT2D eigenvalue weighted by atomic mass is 15.1. The second-order valence-electron chi connectivity index (χ2n) is 15.7. The molecule has 0 aromatic heterocycles. The highest BCUT2D eigenvalue weighted by Crippen LogP contribution is 2.55. The summed E-state index contributed by atoms with van der Waals surface area (Å²) in [6, 6.07) is 63.4. The predicted molar refractivity (Wildman–Crippen MR) is 236 cm³/mol. The van der Waals surface area contributed by atoms with Gasteiger partial charge in [0.15, 0.2) is 0 Å². The lowest BCUT2D eigenvalue weighted by Crippen LogP contribution is -2.14. The van der Waals surface area contributed by atoms with E-state index in [1.807, 2.05) is 0 Å². The third-order valence-corrected chi connectivity index (χ3v) is 12.4. The molecule has 0 saturated carbocycles. The Kier molecular flexibility index (Phi) is 6.88. The van der Waals surface area contributed by atoms with Crippen molar-refractivity contribution in [1.82, 2.24) is 0 Å². The fraction of sp³-hybridized carbons (Fsp3) is 0.0741. The van der Waals surface area contributed by atoms with Gasteiger partial charge in [-0.25, -0.2) is 0 Å². The van der Waals surface area contributed by atoms with Crippen LogP contribution < -0.4 is 4.90 Å². The Morgan fingerprint density at radius 3 is 1.85 bits per heavy atom. The molecule has 0 radical (unpaired) electrons. The zero-order chi connectivity index (χ0) is 36.8. The van der Waals surface area contributed by atoms with Gasteiger partial charge in [-0.3, -0.25) is 0 Å². The number of hydrogen-bond donors (Lipinski definition) is 0. The average molecular weight is 702 g/mol. The highest BCUT2D eigenvalue weighted by molar-refractivity contribution is 6.23. The van der Waals surface area contributed by atoms with E-state index in [1.165, 1.54) is 110 Å². The number of nitrogens with zero attached hydrogens (tertiary/aromatic N) is 1. The molecule has 1 aliphatic heterocycles. The maximum atomic E-state index is 2.47. The van der Waals surface area contributed by atoms with Gasteiger partial charge >= 0.3 is 0 Å². The van der Waals surface area contributed by atoms with Gasteiger partial charge in [-0.2, -0.15) is 0 Å². The molecule has 0 spiro atoms. The van der Waals surface area contributed by atoms with Crippen molar-refractivity contribution >= 4 is 55.8 Å². The van der Waals surface area contributed by atoms with Gasteiger partial charge < -0.3 is 4.90 Å². The summed E-state index contributed by atoms with van der Waals surface area (Å²) in [6.07, 6.45) is 4.50. The van der Waals surface area contributed by atoms with Gasteiger partial charge in [0.05, 0.1) is 0 Å². The predicted octanol–water partition coefficient (Wildman–Crippen LogP) is 14.7. The molecule has 11 rings (SSSR count). The lowest BCUT2D eigenvalue weighted by Gasteiger charge is -2.24. The zero-order valence-electron chi connectivity index (χ0n) is 31.3. The molecule has 9 aromatic rings. The molecule has 9 aromatic carbocycles. The number of hydrogen-bond acceptors (Lipinski definition) is 1. The molecule has 1 aliphatic carbocycles. The monoisotopic (exact) mass is 701 g/mol. The summed E-state index contributed by atoms with van der Waals surface area (Å²) in [5.41, 5.74) is 17.8. The van der Waals surface area contributed by atoms with Gasteiger partial charge in [-0.05, 0) is 117 Å². The van der Waals surface area contributed by atoms with Crippen molar-refractivity contribution in [2.45, 2.75) is 19.3 Å². The van der Waals surface area contributed by atoms with E-state index in [9.17, 15) is 0 Å². The van der Waals surface area contributed by atoms with Crippen molar-refractivity contribution in [3.63, 3.8) is 0 Å². The minimum Gasteiger partial charge on any atom is -0.344 e. The lowest BCUT2D eigenvalue weighted by molar-refractivity contribution is 0.660. The molecule has 0 N–H and O–H groups in total. The molecule has 0 fully saturated rings. The fourth-order valence-corrected chi connectivity index (χ4v) is 9.76.